The molecule has 0 N–H and O–H groups in total. The van der Waals surface area contributed by atoms with Crippen molar-refractivity contribution in [2.75, 3.05) is 33.3 Å². The molecule has 5 rings (SSSR count). The van der Waals surface area contributed by atoms with E-state index in [1.165, 1.54) is 18.7 Å². The lowest BCUT2D eigenvalue weighted by Gasteiger charge is -2.21. The zero-order valence-corrected chi connectivity index (χ0v) is 18.4. The van der Waals surface area contributed by atoms with Crippen LogP contribution in [0.4, 0.5) is 0 Å². The monoisotopic (exact) mass is 432 g/mol. The fourth-order valence-corrected chi connectivity index (χ4v) is 4.95. The maximum absolute atomic E-state index is 13.4. The average molecular weight is 433 g/mol. The van der Waals surface area contributed by atoms with Crippen molar-refractivity contribution in [1.29, 1.82) is 0 Å². The molecule has 0 spiro atoms. The first-order valence-electron chi connectivity index (χ1n) is 11.3. The Morgan fingerprint density at radius 2 is 1.88 bits per heavy atom. The SMILES string of the molecule is COc1cc(=O)n2c(c1C(=O)N1CCCC1)CCN(Cc1ccnc3ccccc13)CC2. The van der Waals surface area contributed by atoms with E-state index in [0.29, 0.717) is 24.3 Å². The van der Waals surface area contributed by atoms with Gasteiger partial charge in [0.1, 0.15) is 11.3 Å². The summed E-state index contributed by atoms with van der Waals surface area (Å²) in [5.41, 5.74) is 3.46. The fraction of sp³-hybridized carbons (Fsp3) is 0.400. The van der Waals surface area contributed by atoms with Crippen LogP contribution in [0.15, 0.2) is 47.4 Å². The third-order valence-corrected chi connectivity index (χ3v) is 6.65. The summed E-state index contributed by atoms with van der Waals surface area (Å²) in [6, 6.07) is 11.7. The van der Waals surface area contributed by atoms with Gasteiger partial charge in [-0.1, -0.05) is 18.2 Å². The van der Waals surface area contributed by atoms with Gasteiger partial charge in [0.2, 0.25) is 0 Å². The number of hydrogen-bond acceptors (Lipinski definition) is 5. The molecule has 3 aromatic rings. The summed E-state index contributed by atoms with van der Waals surface area (Å²) in [4.78, 5) is 34.9. The number of carbonyl (C=O) groups excluding carboxylic acids is 1. The zero-order valence-electron chi connectivity index (χ0n) is 18.4. The number of carbonyl (C=O) groups is 1. The topological polar surface area (TPSA) is 67.7 Å². The molecule has 2 aliphatic heterocycles. The highest BCUT2D eigenvalue weighted by molar-refractivity contribution is 5.98. The number of nitrogens with zero attached hydrogens (tertiary/aromatic N) is 4. The summed E-state index contributed by atoms with van der Waals surface area (Å²) in [6.07, 6.45) is 4.53. The highest BCUT2D eigenvalue weighted by atomic mass is 16.5. The summed E-state index contributed by atoms with van der Waals surface area (Å²) in [5.74, 6) is 0.378. The van der Waals surface area contributed by atoms with Gasteiger partial charge in [-0.3, -0.25) is 19.5 Å². The number of pyridine rings is 2. The maximum Gasteiger partial charge on any atom is 0.259 e. The number of fused-ring (bicyclic) bond motifs is 2. The van der Waals surface area contributed by atoms with E-state index in [2.05, 4.69) is 22.0 Å². The normalized spacial score (nSPS) is 16.7. The lowest BCUT2D eigenvalue weighted by atomic mass is 10.1. The van der Waals surface area contributed by atoms with E-state index in [4.69, 9.17) is 4.74 Å². The van der Waals surface area contributed by atoms with Crippen LogP contribution >= 0.6 is 0 Å². The molecule has 4 heterocycles. The van der Waals surface area contributed by atoms with E-state index in [1.54, 1.807) is 4.57 Å². The second-order valence-corrected chi connectivity index (χ2v) is 8.54. The van der Waals surface area contributed by atoms with Gasteiger partial charge in [-0.2, -0.15) is 0 Å². The van der Waals surface area contributed by atoms with Crippen molar-refractivity contribution >= 4 is 16.8 Å². The van der Waals surface area contributed by atoms with E-state index in [1.807, 2.05) is 29.3 Å². The molecule has 1 saturated heterocycles. The third kappa shape index (κ3) is 3.77. The van der Waals surface area contributed by atoms with Gasteiger partial charge >= 0.3 is 0 Å². The Bertz CT molecular complexity index is 1210. The number of likely N-dealkylation sites (tertiary alicyclic amines) is 1. The van der Waals surface area contributed by atoms with Crippen LogP contribution in [0.5, 0.6) is 5.75 Å². The molecule has 166 valence electrons. The Balaban J connectivity index is 1.45. The lowest BCUT2D eigenvalue weighted by molar-refractivity contribution is 0.0787. The number of ether oxygens (including phenoxy) is 1. The molecular weight excluding hydrogens is 404 g/mol. The van der Waals surface area contributed by atoms with Gasteiger partial charge in [-0.15, -0.1) is 0 Å². The predicted molar refractivity (Wildman–Crippen MR) is 123 cm³/mol. The first kappa shape index (κ1) is 20.7. The second-order valence-electron chi connectivity index (χ2n) is 8.54. The van der Waals surface area contributed by atoms with Crippen LogP contribution in [0, 0.1) is 0 Å². The molecule has 1 aromatic carbocycles. The number of amides is 1. The van der Waals surface area contributed by atoms with E-state index in [9.17, 15) is 9.59 Å². The fourth-order valence-electron chi connectivity index (χ4n) is 4.95. The largest absolute Gasteiger partial charge is 0.496 e. The summed E-state index contributed by atoms with van der Waals surface area (Å²) in [6.45, 7) is 4.38. The molecule has 1 amide bonds. The number of methoxy groups -OCH3 is 1. The number of benzene rings is 1. The van der Waals surface area contributed by atoms with Crippen molar-refractivity contribution in [1.82, 2.24) is 19.4 Å². The molecule has 0 bridgehead atoms. The predicted octanol–water partition coefficient (Wildman–Crippen LogP) is 2.70. The molecule has 0 unspecified atom stereocenters. The molecular formula is C25H28N4O3. The number of hydrogen-bond donors (Lipinski definition) is 0. The minimum absolute atomic E-state index is 0.0170. The molecule has 0 saturated carbocycles. The van der Waals surface area contributed by atoms with Crippen molar-refractivity contribution < 1.29 is 9.53 Å². The van der Waals surface area contributed by atoms with Crippen molar-refractivity contribution in [3.8, 4) is 5.75 Å². The second kappa shape index (κ2) is 8.74. The van der Waals surface area contributed by atoms with Crippen LogP contribution in [0.1, 0.15) is 34.5 Å². The Labute approximate surface area is 187 Å². The Hall–Kier alpha value is -3.19. The minimum Gasteiger partial charge on any atom is -0.496 e. The van der Waals surface area contributed by atoms with Gasteiger partial charge in [-0.05, 0) is 30.5 Å². The van der Waals surface area contributed by atoms with Crippen LogP contribution in [0.25, 0.3) is 10.9 Å². The smallest absolute Gasteiger partial charge is 0.259 e. The van der Waals surface area contributed by atoms with Crippen LogP contribution in [0.3, 0.4) is 0 Å². The van der Waals surface area contributed by atoms with Gasteiger partial charge in [0, 0.05) is 69.0 Å². The van der Waals surface area contributed by atoms with Crippen molar-refractivity contribution in [3.63, 3.8) is 0 Å². The Kier molecular flexibility index (Phi) is 5.66. The van der Waals surface area contributed by atoms with Crippen molar-refractivity contribution in [2.45, 2.75) is 32.4 Å². The van der Waals surface area contributed by atoms with E-state index < -0.39 is 0 Å². The number of para-hydroxylation sites is 1. The Morgan fingerprint density at radius 1 is 1.06 bits per heavy atom. The molecule has 7 nitrogen and oxygen atoms in total. The lowest BCUT2D eigenvalue weighted by Crippen LogP contribution is -2.33. The van der Waals surface area contributed by atoms with Crippen molar-refractivity contribution in [3.05, 3.63) is 69.8 Å². The molecule has 7 heteroatoms. The van der Waals surface area contributed by atoms with Gasteiger partial charge in [0.15, 0.2) is 0 Å². The minimum atomic E-state index is -0.106. The van der Waals surface area contributed by atoms with E-state index in [-0.39, 0.29) is 11.5 Å². The van der Waals surface area contributed by atoms with Gasteiger partial charge < -0.3 is 14.2 Å². The van der Waals surface area contributed by atoms with Crippen LogP contribution in [-0.4, -0.2) is 58.5 Å². The molecule has 0 aliphatic carbocycles. The first-order chi connectivity index (χ1) is 15.7. The Morgan fingerprint density at radius 3 is 2.69 bits per heavy atom. The quantitative estimate of drug-likeness (QED) is 0.634. The third-order valence-electron chi connectivity index (χ3n) is 6.65. The first-order valence-corrected chi connectivity index (χ1v) is 11.3. The summed E-state index contributed by atoms with van der Waals surface area (Å²) in [7, 11) is 1.53. The van der Waals surface area contributed by atoms with Gasteiger partial charge in [-0.25, -0.2) is 0 Å². The van der Waals surface area contributed by atoms with Crippen molar-refractivity contribution in [2.24, 2.45) is 0 Å². The number of rotatable bonds is 4. The zero-order chi connectivity index (χ0) is 22.1. The average Bonchev–Trinajstić information content (AvgIpc) is 3.28. The van der Waals surface area contributed by atoms with E-state index >= 15 is 0 Å². The van der Waals surface area contributed by atoms with Gasteiger partial charge in [0.25, 0.3) is 11.5 Å². The number of aromatic nitrogens is 2. The summed E-state index contributed by atoms with van der Waals surface area (Å²) < 4.78 is 7.28. The summed E-state index contributed by atoms with van der Waals surface area (Å²) >= 11 is 0. The molecule has 32 heavy (non-hydrogen) atoms. The van der Waals surface area contributed by atoms with Crippen LogP contribution < -0.4 is 10.3 Å². The standard InChI is InChI=1S/C25H28N4O3/c1-32-22-16-23(30)29-15-14-27(17-18-8-10-26-20-7-3-2-6-19(18)20)13-9-21(29)24(22)25(31)28-11-4-5-12-28/h2-3,6-8,10,16H,4-5,9,11-15,17H2,1H3. The van der Waals surface area contributed by atoms with Crippen LogP contribution in [-0.2, 0) is 19.5 Å². The highest BCUT2D eigenvalue weighted by Gasteiger charge is 2.29. The highest BCUT2D eigenvalue weighted by Crippen LogP contribution is 2.27. The van der Waals surface area contributed by atoms with Gasteiger partial charge in [0.05, 0.1) is 12.6 Å². The summed E-state index contributed by atoms with van der Waals surface area (Å²) in [5, 5.41) is 1.15. The van der Waals surface area contributed by atoms with E-state index in [0.717, 1.165) is 62.2 Å². The molecule has 2 aromatic heterocycles. The molecule has 1 fully saturated rings. The molecule has 2 aliphatic rings. The molecule has 0 atom stereocenters. The van der Waals surface area contributed by atoms with Crippen LogP contribution in [0.2, 0.25) is 0 Å². The molecule has 0 radical (unpaired) electrons. The maximum atomic E-state index is 13.4.